The zero-order chi connectivity index (χ0) is 28.4. The number of carbonyl (C=O) groups is 2. The van der Waals surface area contributed by atoms with Crippen LogP contribution >= 0.6 is 0 Å². The highest BCUT2D eigenvalue weighted by Gasteiger charge is 2.48. The summed E-state index contributed by atoms with van der Waals surface area (Å²) in [6.45, 7) is 2.66. The van der Waals surface area contributed by atoms with Crippen LogP contribution in [0.15, 0.2) is 60.9 Å². The number of rotatable bonds is 8. The van der Waals surface area contributed by atoms with Crippen molar-refractivity contribution in [2.24, 2.45) is 0 Å². The Kier molecular flexibility index (Phi) is 7.55. The number of ether oxygens (including phenoxy) is 3. The van der Waals surface area contributed by atoms with Gasteiger partial charge in [-0.15, -0.1) is 0 Å². The summed E-state index contributed by atoms with van der Waals surface area (Å²) in [6, 6.07) is 12.4. The summed E-state index contributed by atoms with van der Waals surface area (Å²) < 4.78 is 58.2. The maximum Gasteiger partial charge on any atom is 0.471 e. The molecule has 0 saturated heterocycles. The van der Waals surface area contributed by atoms with Gasteiger partial charge in [0.05, 0.1) is 43.8 Å². The molecule has 5 rings (SSSR count). The molecule has 0 aliphatic carbocycles. The summed E-state index contributed by atoms with van der Waals surface area (Å²) >= 11 is 0. The van der Waals surface area contributed by atoms with Gasteiger partial charge in [0.25, 0.3) is 0 Å². The molecule has 0 radical (unpaired) electrons. The van der Waals surface area contributed by atoms with E-state index < -0.39 is 24.1 Å². The summed E-state index contributed by atoms with van der Waals surface area (Å²) in [5.74, 6) is -1.98. The zero-order valence-corrected chi connectivity index (χ0v) is 22.0. The number of benzene rings is 2. The summed E-state index contributed by atoms with van der Waals surface area (Å²) in [4.78, 5) is 31.6. The summed E-state index contributed by atoms with van der Waals surface area (Å²) in [5.41, 5.74) is 2.64. The Morgan fingerprint density at radius 3 is 2.58 bits per heavy atom. The van der Waals surface area contributed by atoms with Crippen LogP contribution in [0.3, 0.4) is 0 Å². The molecule has 210 valence electrons. The van der Waals surface area contributed by atoms with Gasteiger partial charge in [0.15, 0.2) is 0 Å². The Balaban J connectivity index is 1.54. The molecule has 40 heavy (non-hydrogen) atoms. The molecular weight excluding hydrogens is 527 g/mol. The average Bonchev–Trinajstić information content (AvgIpc) is 3.56. The lowest BCUT2D eigenvalue weighted by Crippen LogP contribution is -2.44. The molecule has 0 saturated carbocycles. The number of esters is 1. The van der Waals surface area contributed by atoms with Gasteiger partial charge in [0, 0.05) is 41.5 Å². The molecular formula is C29H28F3N3O5. The molecule has 3 heterocycles. The minimum atomic E-state index is -5.13. The largest absolute Gasteiger partial charge is 0.493 e. The first-order chi connectivity index (χ1) is 19.2. The molecule has 11 heteroatoms. The minimum Gasteiger partial charge on any atom is -0.493 e. The maximum atomic E-state index is 13.9. The minimum absolute atomic E-state index is 0.0179. The number of halogens is 3. The molecule has 3 aromatic rings. The summed E-state index contributed by atoms with van der Waals surface area (Å²) in [7, 11) is 1.29. The van der Waals surface area contributed by atoms with Crippen LogP contribution in [-0.2, 0) is 14.3 Å². The highest BCUT2D eigenvalue weighted by atomic mass is 19.4. The fourth-order valence-electron chi connectivity index (χ4n) is 5.21. The van der Waals surface area contributed by atoms with Crippen molar-refractivity contribution in [1.29, 1.82) is 0 Å². The van der Waals surface area contributed by atoms with Gasteiger partial charge in [-0.2, -0.15) is 13.2 Å². The number of methoxy groups -OCH3 is 1. The van der Waals surface area contributed by atoms with Gasteiger partial charge in [-0.05, 0) is 30.7 Å². The van der Waals surface area contributed by atoms with E-state index in [1.807, 2.05) is 24.0 Å². The molecule has 1 amide bonds. The number of fused-ring (bicyclic) bond motifs is 2. The van der Waals surface area contributed by atoms with E-state index in [-0.39, 0.29) is 31.2 Å². The Labute approximate surface area is 229 Å². The number of anilines is 3. The molecule has 0 bridgehead atoms. The van der Waals surface area contributed by atoms with E-state index in [1.54, 1.807) is 36.7 Å². The second kappa shape index (κ2) is 11.1. The van der Waals surface area contributed by atoms with Crippen molar-refractivity contribution in [3.05, 3.63) is 72.1 Å². The molecule has 0 N–H and O–H groups in total. The topological polar surface area (TPSA) is 81.2 Å². The third kappa shape index (κ3) is 5.15. The van der Waals surface area contributed by atoms with Gasteiger partial charge in [-0.3, -0.25) is 19.5 Å². The molecule has 2 aliphatic heterocycles. The van der Waals surface area contributed by atoms with E-state index in [2.05, 4.69) is 4.98 Å². The third-order valence-corrected chi connectivity index (χ3v) is 7.03. The summed E-state index contributed by atoms with van der Waals surface area (Å²) in [5, 5.41) is 0. The van der Waals surface area contributed by atoms with Crippen LogP contribution < -0.4 is 19.3 Å². The molecule has 2 aliphatic rings. The highest BCUT2D eigenvalue weighted by Crippen LogP contribution is 2.48. The number of hydrogen-bond acceptors (Lipinski definition) is 7. The van der Waals surface area contributed by atoms with Gasteiger partial charge in [0.2, 0.25) is 0 Å². The number of hydrogen-bond donors (Lipinski definition) is 0. The lowest BCUT2D eigenvalue weighted by molar-refractivity contribution is -0.171. The average molecular weight is 556 g/mol. The Hall–Kier alpha value is -4.28. The van der Waals surface area contributed by atoms with E-state index in [9.17, 15) is 22.8 Å². The Morgan fingerprint density at radius 1 is 1.05 bits per heavy atom. The fourth-order valence-corrected chi connectivity index (χ4v) is 5.21. The van der Waals surface area contributed by atoms with Gasteiger partial charge >= 0.3 is 18.1 Å². The zero-order valence-electron chi connectivity index (χ0n) is 22.0. The van der Waals surface area contributed by atoms with Crippen molar-refractivity contribution in [3.63, 3.8) is 0 Å². The first-order valence-corrected chi connectivity index (χ1v) is 12.9. The number of aromatic nitrogens is 1. The highest BCUT2D eigenvalue weighted by molar-refractivity contribution is 5.98. The third-order valence-electron chi connectivity index (χ3n) is 7.03. The maximum absolute atomic E-state index is 13.9. The smallest absolute Gasteiger partial charge is 0.471 e. The molecule has 0 fully saturated rings. The molecule has 2 atom stereocenters. The molecule has 1 aromatic heterocycles. The van der Waals surface area contributed by atoms with E-state index in [0.29, 0.717) is 34.9 Å². The fraction of sp³-hybridized carbons (Fsp3) is 0.345. The van der Waals surface area contributed by atoms with Crippen molar-refractivity contribution in [2.75, 3.05) is 36.7 Å². The van der Waals surface area contributed by atoms with E-state index >= 15 is 0 Å². The molecule has 0 unspecified atom stereocenters. The lowest BCUT2D eigenvalue weighted by Gasteiger charge is -2.30. The predicted molar refractivity (Wildman–Crippen MR) is 141 cm³/mol. The molecule has 0 spiro atoms. The van der Waals surface area contributed by atoms with Crippen LogP contribution in [0.4, 0.5) is 30.2 Å². The first-order valence-electron chi connectivity index (χ1n) is 12.9. The Morgan fingerprint density at radius 2 is 1.88 bits per heavy atom. The standard InChI is InChI=1S/C29H28F3N3O5/c1-3-12-34(20-6-5-11-33-15-20)23-8-4-7-22-24(17-40-27(22)23)35(28(37)29(30,31)32)19-9-10-21-18(13-26(36)38-2)16-39-25(21)14-19/h4-11,14-15,18,24H,3,12-13,16-17H2,1-2H3/t18-,24-/m1/s1. The van der Waals surface area contributed by atoms with Crippen molar-refractivity contribution in [2.45, 2.75) is 37.9 Å². The quantitative estimate of drug-likeness (QED) is 0.330. The van der Waals surface area contributed by atoms with Crippen LogP contribution in [0, 0.1) is 0 Å². The number of para-hydroxylation sites is 1. The normalized spacial score (nSPS) is 17.3. The van der Waals surface area contributed by atoms with Crippen LogP contribution in [-0.4, -0.2) is 49.9 Å². The van der Waals surface area contributed by atoms with Crippen molar-refractivity contribution >= 4 is 28.9 Å². The number of amides is 1. The van der Waals surface area contributed by atoms with Gasteiger partial charge < -0.3 is 19.1 Å². The van der Waals surface area contributed by atoms with Crippen LogP contribution in [0.1, 0.15) is 42.9 Å². The predicted octanol–water partition coefficient (Wildman–Crippen LogP) is 5.70. The lowest BCUT2D eigenvalue weighted by atomic mass is 9.97. The van der Waals surface area contributed by atoms with Crippen LogP contribution in [0.25, 0.3) is 0 Å². The Bertz CT molecular complexity index is 1400. The molecule has 8 nitrogen and oxygen atoms in total. The van der Waals surface area contributed by atoms with Gasteiger partial charge in [-0.25, -0.2) is 0 Å². The number of carbonyl (C=O) groups excluding carboxylic acids is 2. The SMILES string of the molecule is CCCN(c1cccnc1)c1cccc2c1OC[C@H]2N(C(=O)C(F)(F)F)c1ccc2c(c1)OC[C@H]2CC(=O)OC. The van der Waals surface area contributed by atoms with Gasteiger partial charge in [0.1, 0.15) is 18.1 Å². The monoisotopic (exact) mass is 555 g/mol. The van der Waals surface area contributed by atoms with E-state index in [0.717, 1.165) is 17.0 Å². The van der Waals surface area contributed by atoms with Crippen LogP contribution in [0.5, 0.6) is 11.5 Å². The summed E-state index contributed by atoms with van der Waals surface area (Å²) in [6.07, 6.45) is -0.886. The van der Waals surface area contributed by atoms with Crippen LogP contribution in [0.2, 0.25) is 0 Å². The second-order valence-electron chi connectivity index (χ2n) is 9.57. The van der Waals surface area contributed by atoms with Crippen molar-refractivity contribution < 1.29 is 37.0 Å². The van der Waals surface area contributed by atoms with Crippen molar-refractivity contribution in [1.82, 2.24) is 4.98 Å². The van der Waals surface area contributed by atoms with E-state index in [4.69, 9.17) is 14.2 Å². The van der Waals surface area contributed by atoms with Gasteiger partial charge in [-0.1, -0.05) is 25.1 Å². The first kappa shape index (κ1) is 27.3. The van der Waals surface area contributed by atoms with Crippen molar-refractivity contribution in [3.8, 4) is 11.5 Å². The number of alkyl halides is 3. The second-order valence-corrected chi connectivity index (χ2v) is 9.57. The molecule has 2 aromatic carbocycles. The number of pyridine rings is 1. The van der Waals surface area contributed by atoms with E-state index in [1.165, 1.54) is 19.2 Å². The number of nitrogens with zero attached hydrogens (tertiary/aromatic N) is 3.